The minimum Gasteiger partial charge on any atom is -0.472 e. The molecule has 2 aromatic rings. The molecule has 1 aromatic carbocycles. The van der Waals surface area contributed by atoms with E-state index in [1.165, 1.54) is 11.1 Å². The summed E-state index contributed by atoms with van der Waals surface area (Å²) in [5.74, 6) is -5.12. The van der Waals surface area contributed by atoms with Crippen molar-refractivity contribution >= 4 is 52.5 Å². The van der Waals surface area contributed by atoms with Gasteiger partial charge >= 0.3 is 0 Å². The number of rotatable bonds is 20. The minimum atomic E-state index is -1.12. The molecule has 0 spiro atoms. The molecule has 2 heterocycles. The number of carbonyl (C=O) groups excluding carboxylic acids is 7. The van der Waals surface area contributed by atoms with Gasteiger partial charge in [-0.15, -0.1) is 0 Å². The standard InChI is InChI=1S/C45H59ClN4O8/c1-5-12-31(40(54)37(52)21-28-17-18-28)22-36(51)35-23-33(58-39-20-19-32(46)26-47-39)27-50(35)44(57)41(45(2,3)4)49-42(55)34(30-15-10-7-11-16-30)24-38(53)43(56)48-25-29-13-8-6-9-14-29/h6,8-9,13-14,19-20,26,28,30-31,33-35,41H,5,7,10-12,15-18,21-25,27H2,1-4H3,(H,48,56)(H,49,55)/t31-,33-,34+,35+,41-/m1/s1. The number of nitrogens with one attached hydrogen (secondary N) is 2. The molecule has 1 saturated heterocycles. The zero-order valence-electron chi connectivity index (χ0n) is 34.3. The second-order valence-electron chi connectivity index (χ2n) is 17.5. The average molecular weight is 819 g/mol. The molecule has 58 heavy (non-hydrogen) atoms. The smallest absolute Gasteiger partial charge is 0.287 e. The molecule has 2 aliphatic carbocycles. The van der Waals surface area contributed by atoms with E-state index in [1.54, 1.807) is 12.1 Å². The van der Waals surface area contributed by atoms with Crippen molar-refractivity contribution in [2.24, 2.45) is 29.1 Å². The lowest BCUT2D eigenvalue weighted by atomic mass is 9.76. The molecule has 1 aromatic heterocycles. The number of pyridine rings is 1. The summed E-state index contributed by atoms with van der Waals surface area (Å²) in [5, 5.41) is 6.08. The monoisotopic (exact) mass is 818 g/mol. The third-order valence-corrected chi connectivity index (χ3v) is 11.9. The third kappa shape index (κ3) is 12.5. The Balaban J connectivity index is 1.36. The topological polar surface area (TPSA) is 169 Å². The van der Waals surface area contributed by atoms with Crippen LogP contribution < -0.4 is 15.4 Å². The maximum absolute atomic E-state index is 14.8. The first kappa shape index (κ1) is 44.6. The third-order valence-electron chi connectivity index (χ3n) is 11.7. The molecule has 12 nitrogen and oxygen atoms in total. The molecular formula is C45H59ClN4O8. The van der Waals surface area contributed by atoms with Gasteiger partial charge in [0.25, 0.3) is 5.91 Å². The lowest BCUT2D eigenvalue weighted by Crippen LogP contribution is -2.58. The van der Waals surface area contributed by atoms with Crippen LogP contribution in [0.15, 0.2) is 48.7 Å². The van der Waals surface area contributed by atoms with Crippen molar-refractivity contribution < 1.29 is 38.3 Å². The summed E-state index contributed by atoms with van der Waals surface area (Å²) in [6.45, 7) is 7.51. The maximum Gasteiger partial charge on any atom is 0.287 e. The van der Waals surface area contributed by atoms with Crippen LogP contribution >= 0.6 is 11.6 Å². The summed E-state index contributed by atoms with van der Waals surface area (Å²) in [5.41, 5.74) is -0.0108. The molecule has 1 aliphatic heterocycles. The van der Waals surface area contributed by atoms with Gasteiger partial charge in [-0.25, -0.2) is 4.98 Å². The molecular weight excluding hydrogens is 760 g/mol. The van der Waals surface area contributed by atoms with Crippen molar-refractivity contribution in [2.45, 2.75) is 136 Å². The number of aromatic nitrogens is 1. The number of carbonyl (C=O) groups is 7. The number of nitrogens with zero attached hydrogens (tertiary/aromatic N) is 2. The van der Waals surface area contributed by atoms with Crippen LogP contribution in [0.1, 0.15) is 117 Å². The van der Waals surface area contributed by atoms with E-state index in [0.717, 1.165) is 37.7 Å². The van der Waals surface area contributed by atoms with Crippen LogP contribution in [0, 0.1) is 29.1 Å². The first-order valence-corrected chi connectivity index (χ1v) is 21.4. The largest absolute Gasteiger partial charge is 0.472 e. The fraction of sp³-hybridized carbons (Fsp3) is 0.600. The molecule has 3 aliphatic rings. The number of amides is 3. The van der Waals surface area contributed by atoms with E-state index >= 15 is 0 Å². The first-order valence-electron chi connectivity index (χ1n) is 21.0. The van der Waals surface area contributed by atoms with Gasteiger partial charge in [0, 0.05) is 56.3 Å². The highest BCUT2D eigenvalue weighted by molar-refractivity contribution is 6.38. The number of Topliss-reactive ketones (excluding diaryl/α,β-unsaturated/α-hetero) is 4. The average Bonchev–Trinajstić information content (AvgIpc) is 3.93. The number of likely N-dealkylation sites (tertiary alicyclic amines) is 1. The lowest BCUT2D eigenvalue weighted by Gasteiger charge is -2.37. The Morgan fingerprint density at radius 2 is 1.62 bits per heavy atom. The number of benzene rings is 1. The minimum absolute atomic E-state index is 0.00111. The molecule has 0 radical (unpaired) electrons. The van der Waals surface area contributed by atoms with Crippen LogP contribution in [-0.2, 0) is 40.1 Å². The molecule has 3 amide bonds. The molecule has 2 saturated carbocycles. The van der Waals surface area contributed by atoms with Crippen molar-refractivity contribution in [3.8, 4) is 5.88 Å². The van der Waals surface area contributed by atoms with Crippen LogP contribution in [0.3, 0.4) is 0 Å². The highest BCUT2D eigenvalue weighted by atomic mass is 35.5. The van der Waals surface area contributed by atoms with Gasteiger partial charge < -0.3 is 20.3 Å². The Morgan fingerprint density at radius 3 is 2.24 bits per heavy atom. The van der Waals surface area contributed by atoms with E-state index in [4.69, 9.17) is 16.3 Å². The van der Waals surface area contributed by atoms with Gasteiger partial charge in [-0.3, -0.25) is 33.6 Å². The van der Waals surface area contributed by atoms with E-state index in [9.17, 15) is 33.6 Å². The molecule has 314 valence electrons. The second-order valence-corrected chi connectivity index (χ2v) is 17.9. The van der Waals surface area contributed by atoms with Crippen molar-refractivity contribution in [2.75, 3.05) is 6.54 Å². The lowest BCUT2D eigenvalue weighted by molar-refractivity contribution is -0.146. The molecule has 0 unspecified atom stereocenters. The van der Waals surface area contributed by atoms with Gasteiger partial charge in [-0.1, -0.05) is 95.3 Å². The van der Waals surface area contributed by atoms with Crippen molar-refractivity contribution in [3.63, 3.8) is 0 Å². The predicted molar refractivity (Wildman–Crippen MR) is 219 cm³/mol. The van der Waals surface area contributed by atoms with Gasteiger partial charge in [0.2, 0.25) is 29.3 Å². The van der Waals surface area contributed by atoms with Gasteiger partial charge in [-0.2, -0.15) is 0 Å². The van der Waals surface area contributed by atoms with Crippen molar-refractivity contribution in [1.29, 1.82) is 0 Å². The van der Waals surface area contributed by atoms with Gasteiger partial charge in [0.1, 0.15) is 12.1 Å². The van der Waals surface area contributed by atoms with E-state index in [1.807, 2.05) is 58.0 Å². The normalized spacial score (nSPS) is 20.1. The predicted octanol–water partition coefficient (Wildman–Crippen LogP) is 6.40. The van der Waals surface area contributed by atoms with E-state index in [0.29, 0.717) is 30.7 Å². The van der Waals surface area contributed by atoms with Crippen LogP contribution in [-0.4, -0.2) is 75.5 Å². The summed E-state index contributed by atoms with van der Waals surface area (Å²) in [6.07, 6.45) is 7.61. The molecule has 5 rings (SSSR count). The molecule has 2 N–H and O–H groups in total. The molecule has 13 heteroatoms. The zero-order chi connectivity index (χ0) is 42.0. The van der Waals surface area contributed by atoms with E-state index < -0.39 is 70.5 Å². The molecule has 0 bridgehead atoms. The van der Waals surface area contributed by atoms with Crippen molar-refractivity contribution in [3.05, 3.63) is 59.2 Å². The van der Waals surface area contributed by atoms with Crippen LogP contribution in [0.2, 0.25) is 5.02 Å². The van der Waals surface area contributed by atoms with Crippen LogP contribution in [0.4, 0.5) is 0 Å². The van der Waals surface area contributed by atoms with Gasteiger partial charge in [0.15, 0.2) is 11.6 Å². The van der Waals surface area contributed by atoms with E-state index in [-0.39, 0.29) is 62.3 Å². The Kier molecular flexibility index (Phi) is 15.8. The Bertz CT molecular complexity index is 1790. The first-order chi connectivity index (χ1) is 27.6. The fourth-order valence-electron chi connectivity index (χ4n) is 8.24. The zero-order valence-corrected chi connectivity index (χ0v) is 35.1. The summed E-state index contributed by atoms with van der Waals surface area (Å²) >= 11 is 6.04. The fourth-order valence-corrected chi connectivity index (χ4v) is 8.35. The van der Waals surface area contributed by atoms with Crippen LogP contribution in [0.25, 0.3) is 0 Å². The van der Waals surface area contributed by atoms with Crippen LogP contribution in [0.5, 0.6) is 5.88 Å². The summed E-state index contributed by atoms with van der Waals surface area (Å²) in [4.78, 5) is 102. The summed E-state index contributed by atoms with van der Waals surface area (Å²) in [6, 6.07) is 10.3. The van der Waals surface area contributed by atoms with Crippen molar-refractivity contribution in [1.82, 2.24) is 20.5 Å². The quantitative estimate of drug-likeness (QED) is 0.144. The number of hydrogen-bond acceptors (Lipinski definition) is 9. The Morgan fingerprint density at radius 1 is 0.914 bits per heavy atom. The van der Waals surface area contributed by atoms with Gasteiger partial charge in [0.05, 0.1) is 17.6 Å². The molecule has 3 fully saturated rings. The maximum atomic E-state index is 14.8. The number of hydrogen-bond donors (Lipinski definition) is 2. The summed E-state index contributed by atoms with van der Waals surface area (Å²) < 4.78 is 6.16. The number of ether oxygens (including phenoxy) is 1. The molecule has 5 atom stereocenters. The highest BCUT2D eigenvalue weighted by Gasteiger charge is 2.47. The Hall–Kier alpha value is -4.45. The number of ketones is 4. The van der Waals surface area contributed by atoms with E-state index in [2.05, 4.69) is 15.6 Å². The number of halogens is 1. The summed E-state index contributed by atoms with van der Waals surface area (Å²) in [7, 11) is 0. The Labute approximate surface area is 347 Å². The highest BCUT2D eigenvalue weighted by Crippen LogP contribution is 2.35. The SMILES string of the molecule is CCC[C@H](CC(=O)[C@@H]1C[C@@H](Oc2ccc(Cl)cn2)CN1C(=O)[C@@H](NC(=O)[C@@H](CC(=O)C(=O)NCc1ccccc1)C1CCCCC1)C(C)(C)C)C(=O)C(=O)CC1CC1. The van der Waals surface area contributed by atoms with Gasteiger partial charge in [-0.05, 0) is 61.0 Å². The second kappa shape index (κ2) is 20.5.